The zero-order valence-electron chi connectivity index (χ0n) is 11.7. The van der Waals surface area contributed by atoms with Gasteiger partial charge in [0.15, 0.2) is 11.6 Å². The maximum Gasteiger partial charge on any atom is 0.255 e. The van der Waals surface area contributed by atoms with E-state index in [0.29, 0.717) is 5.69 Å². The number of benzene rings is 2. The maximum absolute atomic E-state index is 13.6. The number of methoxy groups -OCH3 is 1. The van der Waals surface area contributed by atoms with Crippen molar-refractivity contribution in [3.05, 3.63) is 59.4 Å². The molecule has 3 nitrogen and oxygen atoms in total. The monoisotopic (exact) mass is 307 g/mol. The van der Waals surface area contributed by atoms with Crippen LogP contribution < -0.4 is 10.1 Å². The molecule has 0 aliphatic rings. The highest BCUT2D eigenvalue weighted by Gasteiger charge is 2.13. The van der Waals surface area contributed by atoms with Gasteiger partial charge in [-0.25, -0.2) is 4.39 Å². The molecule has 1 amide bonds. The van der Waals surface area contributed by atoms with Crippen molar-refractivity contribution < 1.29 is 13.9 Å². The predicted molar refractivity (Wildman–Crippen MR) is 81.6 cm³/mol. The van der Waals surface area contributed by atoms with Crippen molar-refractivity contribution in [2.24, 2.45) is 0 Å². The molecule has 0 aliphatic carbocycles. The minimum absolute atomic E-state index is 0.0985. The molecular weight excluding hydrogens is 293 g/mol. The summed E-state index contributed by atoms with van der Waals surface area (Å²) in [6, 6.07) is 11.3. The third-order valence-electron chi connectivity index (χ3n) is 3.05. The van der Waals surface area contributed by atoms with Crippen LogP contribution in [0.1, 0.15) is 28.2 Å². The molecule has 0 aromatic heterocycles. The second kappa shape index (κ2) is 6.59. The first-order valence-corrected chi connectivity index (χ1v) is 6.84. The van der Waals surface area contributed by atoms with Gasteiger partial charge in [0.1, 0.15) is 0 Å². The van der Waals surface area contributed by atoms with Gasteiger partial charge in [0, 0.05) is 11.3 Å². The van der Waals surface area contributed by atoms with E-state index in [1.807, 2.05) is 19.1 Å². The molecule has 0 heterocycles. The summed E-state index contributed by atoms with van der Waals surface area (Å²) in [6.07, 6.45) is 0. The summed E-state index contributed by atoms with van der Waals surface area (Å²) in [4.78, 5) is 12.2. The Kier molecular flexibility index (Phi) is 4.81. The number of amides is 1. The molecule has 0 radical (unpaired) electrons. The van der Waals surface area contributed by atoms with E-state index >= 15 is 0 Å². The van der Waals surface area contributed by atoms with Crippen LogP contribution in [0, 0.1) is 5.82 Å². The molecule has 1 unspecified atom stereocenters. The summed E-state index contributed by atoms with van der Waals surface area (Å²) in [5.74, 6) is -0.883. The molecule has 2 aromatic rings. The minimum atomic E-state index is -0.579. The van der Waals surface area contributed by atoms with Crippen LogP contribution in [-0.2, 0) is 0 Å². The van der Waals surface area contributed by atoms with Gasteiger partial charge in [0.05, 0.1) is 12.5 Å². The van der Waals surface area contributed by atoms with Crippen LogP contribution in [0.4, 0.5) is 10.1 Å². The highest BCUT2D eigenvalue weighted by molar-refractivity contribution is 6.21. The Morgan fingerprint density at radius 1 is 1.29 bits per heavy atom. The first-order chi connectivity index (χ1) is 10.0. The third-order valence-corrected chi connectivity index (χ3v) is 3.29. The molecule has 5 heteroatoms. The second-order valence-corrected chi connectivity index (χ2v) is 5.16. The van der Waals surface area contributed by atoms with E-state index in [2.05, 4.69) is 5.32 Å². The Bertz CT molecular complexity index is 658. The minimum Gasteiger partial charge on any atom is -0.494 e. The normalized spacial score (nSPS) is 11.8. The molecule has 2 rings (SSSR count). The summed E-state index contributed by atoms with van der Waals surface area (Å²) in [5.41, 5.74) is 1.63. The molecular formula is C16H15ClFNO2. The lowest BCUT2D eigenvalue weighted by Gasteiger charge is -2.12. The lowest BCUT2D eigenvalue weighted by Crippen LogP contribution is -2.13. The fourth-order valence-corrected chi connectivity index (χ4v) is 2.15. The lowest BCUT2D eigenvalue weighted by molar-refractivity contribution is 0.102. The van der Waals surface area contributed by atoms with Crippen molar-refractivity contribution in [2.75, 3.05) is 12.4 Å². The number of rotatable bonds is 4. The number of hydrogen-bond acceptors (Lipinski definition) is 2. The van der Waals surface area contributed by atoms with Crippen LogP contribution in [0.15, 0.2) is 42.5 Å². The summed E-state index contributed by atoms with van der Waals surface area (Å²) in [7, 11) is 1.37. The molecule has 0 fully saturated rings. The summed E-state index contributed by atoms with van der Waals surface area (Å²) >= 11 is 6.07. The van der Waals surface area contributed by atoms with Crippen LogP contribution in [0.25, 0.3) is 0 Å². The molecule has 1 atom stereocenters. The number of halogens is 2. The Hall–Kier alpha value is -2.07. The number of alkyl halides is 1. The fourth-order valence-electron chi connectivity index (χ4n) is 1.96. The van der Waals surface area contributed by atoms with Crippen molar-refractivity contribution in [1.82, 2.24) is 0 Å². The van der Waals surface area contributed by atoms with E-state index in [4.69, 9.17) is 16.3 Å². The average molecular weight is 308 g/mol. The van der Waals surface area contributed by atoms with Gasteiger partial charge in [-0.15, -0.1) is 11.6 Å². The van der Waals surface area contributed by atoms with E-state index < -0.39 is 11.7 Å². The van der Waals surface area contributed by atoms with E-state index in [-0.39, 0.29) is 16.7 Å². The zero-order valence-corrected chi connectivity index (χ0v) is 12.4. The third kappa shape index (κ3) is 3.52. The SMILES string of the molecule is COc1ccc(C(=O)Nc2ccccc2C(C)Cl)cc1F. The Labute approximate surface area is 127 Å². The van der Waals surface area contributed by atoms with Crippen molar-refractivity contribution in [2.45, 2.75) is 12.3 Å². The molecule has 110 valence electrons. The predicted octanol–water partition coefficient (Wildman–Crippen LogP) is 4.39. The van der Waals surface area contributed by atoms with Crippen LogP contribution in [-0.4, -0.2) is 13.0 Å². The van der Waals surface area contributed by atoms with Gasteiger partial charge in [-0.05, 0) is 36.8 Å². The van der Waals surface area contributed by atoms with Crippen molar-refractivity contribution in [1.29, 1.82) is 0 Å². The van der Waals surface area contributed by atoms with Gasteiger partial charge in [0.25, 0.3) is 5.91 Å². The molecule has 0 bridgehead atoms. The number of nitrogens with one attached hydrogen (secondary N) is 1. The number of carbonyl (C=O) groups excluding carboxylic acids is 1. The van der Waals surface area contributed by atoms with Gasteiger partial charge < -0.3 is 10.1 Å². The quantitative estimate of drug-likeness (QED) is 0.851. The van der Waals surface area contributed by atoms with Gasteiger partial charge in [-0.2, -0.15) is 0 Å². The fraction of sp³-hybridized carbons (Fsp3) is 0.188. The second-order valence-electron chi connectivity index (χ2n) is 4.51. The Balaban J connectivity index is 2.24. The van der Waals surface area contributed by atoms with Gasteiger partial charge in [-0.3, -0.25) is 4.79 Å². The van der Waals surface area contributed by atoms with Crippen LogP contribution in [0.5, 0.6) is 5.75 Å². The maximum atomic E-state index is 13.6. The zero-order chi connectivity index (χ0) is 15.4. The Morgan fingerprint density at radius 3 is 2.62 bits per heavy atom. The van der Waals surface area contributed by atoms with E-state index in [1.54, 1.807) is 12.1 Å². The molecule has 0 aliphatic heterocycles. The smallest absolute Gasteiger partial charge is 0.255 e. The summed E-state index contributed by atoms with van der Waals surface area (Å²) in [6.45, 7) is 1.82. The standard InChI is InChI=1S/C16H15ClFNO2/c1-10(17)12-5-3-4-6-14(12)19-16(20)11-7-8-15(21-2)13(18)9-11/h3-10H,1-2H3,(H,19,20). The van der Waals surface area contributed by atoms with Gasteiger partial charge in [-0.1, -0.05) is 18.2 Å². The highest BCUT2D eigenvalue weighted by atomic mass is 35.5. The summed E-state index contributed by atoms with van der Waals surface area (Å²) < 4.78 is 18.5. The largest absolute Gasteiger partial charge is 0.494 e. The number of ether oxygens (including phenoxy) is 1. The van der Waals surface area contributed by atoms with Crippen LogP contribution >= 0.6 is 11.6 Å². The first kappa shape index (κ1) is 15.3. The van der Waals surface area contributed by atoms with E-state index in [1.165, 1.54) is 19.2 Å². The molecule has 21 heavy (non-hydrogen) atoms. The van der Waals surface area contributed by atoms with Gasteiger partial charge >= 0.3 is 0 Å². The van der Waals surface area contributed by atoms with E-state index in [0.717, 1.165) is 11.6 Å². The highest BCUT2D eigenvalue weighted by Crippen LogP contribution is 2.27. The molecule has 1 N–H and O–H groups in total. The first-order valence-electron chi connectivity index (χ1n) is 6.41. The molecule has 0 spiro atoms. The average Bonchev–Trinajstić information content (AvgIpc) is 2.47. The topological polar surface area (TPSA) is 38.3 Å². The number of anilines is 1. The number of para-hydroxylation sites is 1. The number of hydrogen-bond donors (Lipinski definition) is 1. The molecule has 0 saturated carbocycles. The van der Waals surface area contributed by atoms with Crippen LogP contribution in [0.2, 0.25) is 0 Å². The van der Waals surface area contributed by atoms with Crippen molar-refractivity contribution in [3.8, 4) is 5.75 Å². The van der Waals surface area contributed by atoms with Crippen molar-refractivity contribution >= 4 is 23.2 Å². The Morgan fingerprint density at radius 2 is 2.00 bits per heavy atom. The van der Waals surface area contributed by atoms with Crippen LogP contribution in [0.3, 0.4) is 0 Å². The number of carbonyl (C=O) groups is 1. The lowest BCUT2D eigenvalue weighted by atomic mass is 10.1. The summed E-state index contributed by atoms with van der Waals surface area (Å²) in [5, 5.41) is 2.50. The van der Waals surface area contributed by atoms with Gasteiger partial charge in [0.2, 0.25) is 0 Å². The molecule has 0 saturated heterocycles. The van der Waals surface area contributed by atoms with E-state index in [9.17, 15) is 9.18 Å². The van der Waals surface area contributed by atoms with Crippen molar-refractivity contribution in [3.63, 3.8) is 0 Å². The molecule has 2 aromatic carbocycles.